The molecule has 2 fully saturated rings. The van der Waals surface area contributed by atoms with E-state index in [-0.39, 0.29) is 12.5 Å². The number of β-amino-alcohol motifs (C(OH)–C–C–N with tert-alkyl or cyclic N) is 1. The largest absolute Gasteiger partial charge is 0.390 e. The fourth-order valence-electron chi connectivity index (χ4n) is 2.71. The average Bonchev–Trinajstić information content (AvgIpc) is 2.64. The second-order valence-corrected chi connectivity index (χ2v) is 6.25. The molecule has 2 aliphatic heterocycles. The van der Waals surface area contributed by atoms with E-state index < -0.39 is 17.7 Å². The van der Waals surface area contributed by atoms with Gasteiger partial charge in [-0.1, -0.05) is 13.8 Å². The zero-order valence-corrected chi connectivity index (χ0v) is 12.7. The van der Waals surface area contributed by atoms with Crippen LogP contribution in [-0.4, -0.2) is 66.4 Å². The number of amides is 3. The summed E-state index contributed by atoms with van der Waals surface area (Å²) < 4.78 is 5.25. The van der Waals surface area contributed by atoms with E-state index in [1.165, 1.54) is 0 Å². The van der Waals surface area contributed by atoms with Crippen LogP contribution in [0.4, 0.5) is 4.79 Å². The Bertz CT molecular complexity index is 394. The van der Waals surface area contributed by atoms with Crippen LogP contribution in [-0.2, 0) is 9.53 Å². The van der Waals surface area contributed by atoms with Crippen molar-refractivity contribution >= 4 is 11.9 Å². The molecule has 2 heterocycles. The smallest absolute Gasteiger partial charge is 0.325 e. The van der Waals surface area contributed by atoms with E-state index >= 15 is 0 Å². The zero-order valence-electron chi connectivity index (χ0n) is 12.7. The number of urea groups is 1. The summed E-state index contributed by atoms with van der Waals surface area (Å²) in [6, 6.07) is -0.412. The lowest BCUT2D eigenvalue weighted by molar-refractivity contribution is -0.135. The highest BCUT2D eigenvalue weighted by Crippen LogP contribution is 2.28. The standard InChI is InChI=1S/C14H25N3O4/c1-10(2)7-15-8-11(18)9-17-12(19)14(16-13(17)20)3-5-21-6-4-14/h10-11,15,18H,3-9H2,1-2H3,(H,16,20). The lowest BCUT2D eigenvalue weighted by atomic mass is 9.90. The molecule has 7 heteroatoms. The van der Waals surface area contributed by atoms with Gasteiger partial charge in [0.15, 0.2) is 0 Å². The summed E-state index contributed by atoms with van der Waals surface area (Å²) >= 11 is 0. The monoisotopic (exact) mass is 299 g/mol. The third-order valence-corrected chi connectivity index (χ3v) is 3.92. The highest BCUT2D eigenvalue weighted by molar-refractivity contribution is 6.07. The number of aliphatic hydroxyl groups excluding tert-OH is 1. The molecule has 2 aliphatic rings. The average molecular weight is 299 g/mol. The fraction of sp³-hybridized carbons (Fsp3) is 0.857. The minimum absolute atomic E-state index is 0.0262. The molecule has 0 bridgehead atoms. The van der Waals surface area contributed by atoms with Crippen LogP contribution in [0.2, 0.25) is 0 Å². The van der Waals surface area contributed by atoms with Gasteiger partial charge in [-0.05, 0) is 12.5 Å². The van der Waals surface area contributed by atoms with Gasteiger partial charge in [0.05, 0.1) is 12.6 Å². The van der Waals surface area contributed by atoms with Gasteiger partial charge in [-0.3, -0.25) is 9.69 Å². The van der Waals surface area contributed by atoms with Gasteiger partial charge in [-0.15, -0.1) is 0 Å². The van der Waals surface area contributed by atoms with E-state index in [0.717, 1.165) is 11.4 Å². The highest BCUT2D eigenvalue weighted by atomic mass is 16.5. The van der Waals surface area contributed by atoms with Crippen molar-refractivity contribution in [3.8, 4) is 0 Å². The molecule has 7 nitrogen and oxygen atoms in total. The number of ether oxygens (including phenoxy) is 1. The van der Waals surface area contributed by atoms with E-state index in [0.29, 0.717) is 38.5 Å². The summed E-state index contributed by atoms with van der Waals surface area (Å²) in [6.07, 6.45) is 0.236. The summed E-state index contributed by atoms with van der Waals surface area (Å²) in [7, 11) is 0. The molecule has 21 heavy (non-hydrogen) atoms. The Morgan fingerprint density at radius 2 is 2.00 bits per heavy atom. The number of nitrogens with one attached hydrogen (secondary N) is 2. The molecule has 0 radical (unpaired) electrons. The minimum Gasteiger partial charge on any atom is -0.390 e. The van der Waals surface area contributed by atoms with Gasteiger partial charge in [0.2, 0.25) is 0 Å². The SMILES string of the molecule is CC(C)CNCC(O)CN1C(=O)NC2(CCOCC2)C1=O. The number of rotatable bonds is 6. The van der Waals surface area contributed by atoms with Gasteiger partial charge in [-0.2, -0.15) is 0 Å². The van der Waals surface area contributed by atoms with Crippen LogP contribution in [0.3, 0.4) is 0 Å². The molecule has 0 saturated carbocycles. The van der Waals surface area contributed by atoms with E-state index in [9.17, 15) is 14.7 Å². The van der Waals surface area contributed by atoms with Crippen molar-refractivity contribution in [1.29, 1.82) is 0 Å². The molecule has 0 aromatic rings. The Balaban J connectivity index is 1.88. The minimum atomic E-state index is -0.819. The zero-order chi connectivity index (χ0) is 15.5. The first kappa shape index (κ1) is 16.2. The summed E-state index contributed by atoms with van der Waals surface area (Å²) in [5, 5.41) is 15.9. The Morgan fingerprint density at radius 3 is 2.62 bits per heavy atom. The molecule has 0 aromatic carbocycles. The fourth-order valence-corrected chi connectivity index (χ4v) is 2.71. The lowest BCUT2D eigenvalue weighted by Crippen LogP contribution is -2.51. The van der Waals surface area contributed by atoms with Gasteiger partial charge in [0.25, 0.3) is 5.91 Å². The molecule has 1 unspecified atom stereocenters. The molecule has 2 saturated heterocycles. The van der Waals surface area contributed by atoms with Gasteiger partial charge in [-0.25, -0.2) is 4.79 Å². The first-order chi connectivity index (χ1) is 9.94. The third-order valence-electron chi connectivity index (χ3n) is 3.92. The number of hydrogen-bond acceptors (Lipinski definition) is 5. The summed E-state index contributed by atoms with van der Waals surface area (Å²) in [6.45, 7) is 6.27. The lowest BCUT2D eigenvalue weighted by Gasteiger charge is -2.30. The van der Waals surface area contributed by atoms with Gasteiger partial charge in [0, 0.05) is 32.6 Å². The van der Waals surface area contributed by atoms with Crippen molar-refractivity contribution in [3.63, 3.8) is 0 Å². The third kappa shape index (κ3) is 3.72. The maximum Gasteiger partial charge on any atom is 0.325 e. The molecular formula is C14H25N3O4. The number of nitrogens with zero attached hydrogens (tertiary/aromatic N) is 1. The van der Waals surface area contributed by atoms with Crippen LogP contribution in [0.1, 0.15) is 26.7 Å². The van der Waals surface area contributed by atoms with E-state index in [1.807, 2.05) is 0 Å². The number of aliphatic hydroxyl groups is 1. The quantitative estimate of drug-likeness (QED) is 0.586. The van der Waals surface area contributed by atoms with Crippen LogP contribution in [0, 0.1) is 5.92 Å². The van der Waals surface area contributed by atoms with Crippen LogP contribution >= 0.6 is 0 Å². The second-order valence-electron chi connectivity index (χ2n) is 6.25. The van der Waals surface area contributed by atoms with E-state index in [4.69, 9.17) is 4.74 Å². The predicted octanol–water partition coefficient (Wildman–Crippen LogP) is -0.306. The van der Waals surface area contributed by atoms with Crippen molar-refractivity contribution < 1.29 is 19.4 Å². The normalized spacial score (nSPS) is 23.0. The van der Waals surface area contributed by atoms with Crippen molar-refractivity contribution in [3.05, 3.63) is 0 Å². The van der Waals surface area contributed by atoms with E-state index in [1.54, 1.807) is 0 Å². The van der Waals surface area contributed by atoms with Crippen LogP contribution in [0.25, 0.3) is 0 Å². The maximum atomic E-state index is 12.5. The van der Waals surface area contributed by atoms with Crippen LogP contribution < -0.4 is 10.6 Å². The van der Waals surface area contributed by atoms with Gasteiger partial charge >= 0.3 is 6.03 Å². The molecule has 2 rings (SSSR count). The number of imide groups is 1. The molecule has 120 valence electrons. The number of carbonyl (C=O) groups is 2. The number of hydrogen-bond donors (Lipinski definition) is 3. The summed E-state index contributed by atoms with van der Waals surface area (Å²) in [5.74, 6) is 0.248. The maximum absolute atomic E-state index is 12.5. The highest BCUT2D eigenvalue weighted by Gasteiger charge is 2.51. The molecule has 1 atom stereocenters. The van der Waals surface area contributed by atoms with Crippen molar-refractivity contribution in [1.82, 2.24) is 15.5 Å². The molecule has 3 N–H and O–H groups in total. The predicted molar refractivity (Wildman–Crippen MR) is 76.7 cm³/mol. The molecule has 3 amide bonds. The Kier molecular flexibility index (Phi) is 5.18. The van der Waals surface area contributed by atoms with E-state index in [2.05, 4.69) is 24.5 Å². The summed E-state index contributed by atoms with van der Waals surface area (Å²) in [4.78, 5) is 25.6. The van der Waals surface area contributed by atoms with Crippen molar-refractivity contribution in [2.45, 2.75) is 38.3 Å². The van der Waals surface area contributed by atoms with Gasteiger partial charge in [0.1, 0.15) is 5.54 Å². The molecule has 0 aliphatic carbocycles. The topological polar surface area (TPSA) is 90.9 Å². The Morgan fingerprint density at radius 1 is 1.33 bits per heavy atom. The number of carbonyl (C=O) groups excluding carboxylic acids is 2. The van der Waals surface area contributed by atoms with Crippen LogP contribution in [0.5, 0.6) is 0 Å². The Labute approximate surface area is 125 Å². The first-order valence-corrected chi connectivity index (χ1v) is 7.55. The van der Waals surface area contributed by atoms with Crippen molar-refractivity contribution in [2.24, 2.45) is 5.92 Å². The molecule has 1 spiro atoms. The van der Waals surface area contributed by atoms with Crippen molar-refractivity contribution in [2.75, 3.05) is 32.8 Å². The Hall–Kier alpha value is -1.18. The second kappa shape index (κ2) is 6.72. The first-order valence-electron chi connectivity index (χ1n) is 7.55. The van der Waals surface area contributed by atoms with Gasteiger partial charge < -0.3 is 20.5 Å². The molecule has 0 aromatic heterocycles. The summed E-state index contributed by atoms with van der Waals surface area (Å²) in [5.41, 5.74) is -0.819. The van der Waals surface area contributed by atoms with Crippen LogP contribution in [0.15, 0.2) is 0 Å². The molecular weight excluding hydrogens is 274 g/mol.